The standard InChI is InChI=1S/C8H7ClF3NO/c1-14-7-3-6(13)4(2-5(7)9)8(10,11)12/h2-3H,13H2,1H3. The lowest BCUT2D eigenvalue weighted by Crippen LogP contribution is -2.09. The monoisotopic (exact) mass is 225 g/mol. The molecule has 0 saturated carbocycles. The molecule has 1 rings (SSSR count). The number of benzene rings is 1. The van der Waals surface area contributed by atoms with E-state index in [2.05, 4.69) is 0 Å². The van der Waals surface area contributed by atoms with Crippen LogP contribution in [-0.2, 0) is 6.18 Å². The SMILES string of the molecule is COc1cc(N)c(C(F)(F)F)cc1Cl. The Morgan fingerprint density at radius 3 is 2.36 bits per heavy atom. The minimum atomic E-state index is -4.50. The molecule has 14 heavy (non-hydrogen) atoms. The molecule has 0 spiro atoms. The van der Waals surface area contributed by atoms with Gasteiger partial charge in [-0.1, -0.05) is 11.6 Å². The van der Waals surface area contributed by atoms with Crippen LogP contribution in [0.25, 0.3) is 0 Å². The van der Waals surface area contributed by atoms with E-state index in [0.717, 1.165) is 12.1 Å². The zero-order chi connectivity index (χ0) is 10.9. The van der Waals surface area contributed by atoms with Crippen molar-refractivity contribution < 1.29 is 17.9 Å². The zero-order valence-corrected chi connectivity index (χ0v) is 7.91. The van der Waals surface area contributed by atoms with E-state index >= 15 is 0 Å². The third-order valence-corrected chi connectivity index (χ3v) is 1.92. The summed E-state index contributed by atoms with van der Waals surface area (Å²) in [5.41, 5.74) is 3.83. The van der Waals surface area contributed by atoms with Gasteiger partial charge in [0.1, 0.15) is 5.75 Å². The molecule has 0 bridgehead atoms. The van der Waals surface area contributed by atoms with Crippen LogP contribution in [0, 0.1) is 0 Å². The van der Waals surface area contributed by atoms with Crippen molar-refractivity contribution in [1.29, 1.82) is 0 Å². The maximum absolute atomic E-state index is 12.3. The first-order chi connectivity index (χ1) is 6.36. The maximum Gasteiger partial charge on any atom is 0.418 e. The molecule has 0 aliphatic rings. The summed E-state index contributed by atoms with van der Waals surface area (Å²) in [6.07, 6.45) is -4.50. The smallest absolute Gasteiger partial charge is 0.418 e. The van der Waals surface area contributed by atoms with Crippen LogP contribution in [0.4, 0.5) is 18.9 Å². The van der Waals surface area contributed by atoms with Crippen LogP contribution in [0.2, 0.25) is 5.02 Å². The van der Waals surface area contributed by atoms with Crippen LogP contribution in [0.5, 0.6) is 5.75 Å². The normalized spacial score (nSPS) is 11.5. The van der Waals surface area contributed by atoms with E-state index < -0.39 is 17.4 Å². The Bertz CT molecular complexity index is 351. The quantitative estimate of drug-likeness (QED) is 0.746. The van der Waals surface area contributed by atoms with Crippen molar-refractivity contribution in [3.05, 3.63) is 22.7 Å². The molecule has 0 saturated heterocycles. The second-order valence-corrected chi connectivity index (χ2v) is 2.98. The van der Waals surface area contributed by atoms with Gasteiger partial charge in [-0.25, -0.2) is 0 Å². The number of nitrogen functional groups attached to an aromatic ring is 1. The van der Waals surface area contributed by atoms with Crippen molar-refractivity contribution in [2.24, 2.45) is 0 Å². The molecular formula is C8H7ClF3NO. The van der Waals surface area contributed by atoms with E-state index in [-0.39, 0.29) is 10.8 Å². The molecule has 0 radical (unpaired) electrons. The number of hydrogen-bond acceptors (Lipinski definition) is 2. The molecule has 2 N–H and O–H groups in total. The van der Waals surface area contributed by atoms with Gasteiger partial charge < -0.3 is 10.5 Å². The van der Waals surface area contributed by atoms with Gasteiger partial charge in [-0.05, 0) is 6.07 Å². The number of hydrogen-bond donors (Lipinski definition) is 1. The molecule has 2 nitrogen and oxygen atoms in total. The molecule has 78 valence electrons. The summed E-state index contributed by atoms with van der Waals surface area (Å²) in [6.45, 7) is 0. The summed E-state index contributed by atoms with van der Waals surface area (Å²) in [4.78, 5) is 0. The number of methoxy groups -OCH3 is 1. The average Bonchev–Trinajstić information content (AvgIpc) is 2.06. The highest BCUT2D eigenvalue weighted by Gasteiger charge is 2.33. The van der Waals surface area contributed by atoms with Crippen molar-refractivity contribution in [2.75, 3.05) is 12.8 Å². The van der Waals surface area contributed by atoms with Crippen molar-refractivity contribution in [3.63, 3.8) is 0 Å². The highest BCUT2D eigenvalue weighted by atomic mass is 35.5. The predicted molar refractivity (Wildman–Crippen MR) is 47.4 cm³/mol. The first kappa shape index (κ1) is 11.0. The predicted octanol–water partition coefficient (Wildman–Crippen LogP) is 2.95. The molecule has 0 aliphatic carbocycles. The van der Waals surface area contributed by atoms with Crippen molar-refractivity contribution in [3.8, 4) is 5.75 Å². The molecule has 6 heteroatoms. The summed E-state index contributed by atoms with van der Waals surface area (Å²) >= 11 is 5.53. The van der Waals surface area contributed by atoms with E-state index in [0.29, 0.717) is 0 Å². The Morgan fingerprint density at radius 1 is 1.36 bits per heavy atom. The fourth-order valence-electron chi connectivity index (χ4n) is 0.971. The number of alkyl halides is 3. The van der Waals surface area contributed by atoms with Crippen molar-refractivity contribution in [1.82, 2.24) is 0 Å². The lowest BCUT2D eigenvalue weighted by atomic mass is 10.1. The molecule has 1 aromatic carbocycles. The molecule has 0 amide bonds. The third-order valence-electron chi connectivity index (χ3n) is 1.63. The van der Waals surface area contributed by atoms with Gasteiger partial charge in [-0.3, -0.25) is 0 Å². The molecule has 1 aromatic rings. The average molecular weight is 226 g/mol. The van der Waals surface area contributed by atoms with Crippen molar-refractivity contribution >= 4 is 17.3 Å². The summed E-state index contributed by atoms with van der Waals surface area (Å²) < 4.78 is 41.6. The first-order valence-electron chi connectivity index (χ1n) is 3.56. The topological polar surface area (TPSA) is 35.2 Å². The number of halogens is 4. The van der Waals surface area contributed by atoms with Gasteiger partial charge in [0.05, 0.1) is 17.7 Å². The van der Waals surface area contributed by atoms with Crippen LogP contribution in [0.1, 0.15) is 5.56 Å². The highest BCUT2D eigenvalue weighted by Crippen LogP contribution is 2.38. The van der Waals surface area contributed by atoms with E-state index in [1.165, 1.54) is 7.11 Å². The molecule has 0 fully saturated rings. The highest BCUT2D eigenvalue weighted by molar-refractivity contribution is 6.32. The lowest BCUT2D eigenvalue weighted by molar-refractivity contribution is -0.136. The van der Waals surface area contributed by atoms with Gasteiger partial charge in [0.15, 0.2) is 0 Å². The summed E-state index contributed by atoms with van der Waals surface area (Å²) in [7, 11) is 1.30. The zero-order valence-electron chi connectivity index (χ0n) is 7.15. The third kappa shape index (κ3) is 2.04. The van der Waals surface area contributed by atoms with E-state index in [1.807, 2.05) is 0 Å². The molecular weight excluding hydrogens is 219 g/mol. The fourth-order valence-corrected chi connectivity index (χ4v) is 1.21. The number of anilines is 1. The van der Waals surface area contributed by atoms with Crippen LogP contribution in [0.15, 0.2) is 12.1 Å². The minimum Gasteiger partial charge on any atom is -0.495 e. The van der Waals surface area contributed by atoms with Gasteiger partial charge >= 0.3 is 6.18 Å². The van der Waals surface area contributed by atoms with Crippen LogP contribution in [0.3, 0.4) is 0 Å². The van der Waals surface area contributed by atoms with E-state index in [9.17, 15) is 13.2 Å². The van der Waals surface area contributed by atoms with E-state index in [1.54, 1.807) is 0 Å². The fraction of sp³-hybridized carbons (Fsp3) is 0.250. The second kappa shape index (κ2) is 3.57. The molecule has 0 unspecified atom stereocenters. The first-order valence-corrected chi connectivity index (χ1v) is 3.94. The van der Waals surface area contributed by atoms with Crippen LogP contribution < -0.4 is 10.5 Å². The summed E-state index contributed by atoms with van der Waals surface area (Å²) in [5.74, 6) is 0.122. The van der Waals surface area contributed by atoms with Gasteiger partial charge in [0.25, 0.3) is 0 Å². The Kier molecular flexibility index (Phi) is 2.80. The summed E-state index contributed by atoms with van der Waals surface area (Å²) in [5, 5.41) is -0.117. The molecule has 0 aliphatic heterocycles. The van der Waals surface area contributed by atoms with Gasteiger partial charge in [-0.15, -0.1) is 0 Å². The molecule has 0 atom stereocenters. The van der Waals surface area contributed by atoms with Gasteiger partial charge in [0, 0.05) is 11.8 Å². The molecule has 0 aromatic heterocycles. The van der Waals surface area contributed by atoms with Crippen LogP contribution >= 0.6 is 11.6 Å². The Balaban J connectivity index is 3.29. The summed E-state index contributed by atoms with van der Waals surface area (Å²) in [6, 6.07) is 1.79. The molecule has 0 heterocycles. The minimum absolute atomic E-state index is 0.117. The maximum atomic E-state index is 12.3. The van der Waals surface area contributed by atoms with Crippen molar-refractivity contribution in [2.45, 2.75) is 6.18 Å². The van der Waals surface area contributed by atoms with Gasteiger partial charge in [-0.2, -0.15) is 13.2 Å². The Labute approximate surface area is 83.4 Å². The van der Waals surface area contributed by atoms with Crippen LogP contribution in [-0.4, -0.2) is 7.11 Å². The number of nitrogens with two attached hydrogens (primary N) is 1. The number of ether oxygens (including phenoxy) is 1. The van der Waals surface area contributed by atoms with E-state index in [4.69, 9.17) is 22.1 Å². The Hall–Kier alpha value is -1.10. The lowest BCUT2D eigenvalue weighted by Gasteiger charge is -2.12. The van der Waals surface area contributed by atoms with Gasteiger partial charge in [0.2, 0.25) is 0 Å². The second-order valence-electron chi connectivity index (χ2n) is 2.57. The number of rotatable bonds is 1. The largest absolute Gasteiger partial charge is 0.495 e. The Morgan fingerprint density at radius 2 is 1.93 bits per heavy atom.